The van der Waals surface area contributed by atoms with Crippen LogP contribution in [0.5, 0.6) is 0 Å². The average molecular weight is 209 g/mol. The van der Waals surface area contributed by atoms with Crippen molar-refractivity contribution >= 4 is 5.91 Å². The van der Waals surface area contributed by atoms with Crippen LogP contribution in [0.2, 0.25) is 0 Å². The molecule has 1 aromatic heterocycles. The Labute approximate surface area is 88.9 Å². The summed E-state index contributed by atoms with van der Waals surface area (Å²) in [5, 5.41) is 11.2. The quantitative estimate of drug-likeness (QED) is 0.538. The molecule has 0 atom stereocenters. The highest BCUT2D eigenvalue weighted by atomic mass is 16.5. The summed E-state index contributed by atoms with van der Waals surface area (Å²) in [4.78, 5) is 17.3. The molecule has 82 valence electrons. The summed E-state index contributed by atoms with van der Waals surface area (Å²) in [5.41, 5.74) is 0.672. The molecule has 1 heterocycles. The zero-order valence-corrected chi connectivity index (χ0v) is 9.23. The maximum Gasteiger partial charge on any atom is 0.278 e. The molecule has 5 heteroatoms. The van der Waals surface area contributed by atoms with E-state index in [0.717, 1.165) is 0 Å². The first-order valence-corrected chi connectivity index (χ1v) is 4.95. The third-order valence-corrected chi connectivity index (χ3v) is 2.25. The Hall–Kier alpha value is -1.65. The minimum Gasteiger partial charge on any atom is -0.618 e. The normalized spacial score (nSPS) is 10.1. The van der Waals surface area contributed by atoms with Gasteiger partial charge < -0.3 is 10.1 Å². The van der Waals surface area contributed by atoms with Gasteiger partial charge in [-0.05, 0) is 13.8 Å². The van der Waals surface area contributed by atoms with Crippen molar-refractivity contribution in [2.24, 2.45) is 0 Å². The number of nitrogens with zero attached hydrogens (tertiary/aromatic N) is 3. The van der Waals surface area contributed by atoms with Crippen molar-refractivity contribution in [3.63, 3.8) is 0 Å². The first-order valence-electron chi connectivity index (χ1n) is 4.95. The lowest BCUT2D eigenvalue weighted by Crippen LogP contribution is -2.36. The summed E-state index contributed by atoms with van der Waals surface area (Å²) in [7, 11) is 0. The molecule has 0 saturated carbocycles. The molecule has 0 aliphatic carbocycles. The van der Waals surface area contributed by atoms with Crippen molar-refractivity contribution in [3.8, 4) is 0 Å². The summed E-state index contributed by atoms with van der Waals surface area (Å²) >= 11 is 0. The molecule has 0 N–H and O–H groups in total. The van der Waals surface area contributed by atoms with Gasteiger partial charge in [-0.3, -0.25) is 4.79 Å². The van der Waals surface area contributed by atoms with Crippen molar-refractivity contribution < 1.29 is 9.52 Å². The van der Waals surface area contributed by atoms with Crippen molar-refractivity contribution in [2.45, 2.75) is 20.8 Å². The SMILES string of the molecule is CCN(CC)C(=O)c1c[n+]([O-])c(C)cn1. The van der Waals surface area contributed by atoms with Crippen LogP contribution in [-0.2, 0) is 0 Å². The smallest absolute Gasteiger partial charge is 0.278 e. The lowest BCUT2D eigenvalue weighted by atomic mass is 10.3. The topological polar surface area (TPSA) is 60.1 Å². The maximum absolute atomic E-state index is 11.8. The molecule has 0 spiro atoms. The number of aromatic nitrogens is 2. The van der Waals surface area contributed by atoms with Gasteiger partial charge in [0.2, 0.25) is 11.9 Å². The molecule has 1 amide bonds. The number of amides is 1. The summed E-state index contributed by atoms with van der Waals surface area (Å²) in [6.07, 6.45) is 2.62. The van der Waals surface area contributed by atoms with Gasteiger partial charge >= 0.3 is 0 Å². The molecule has 5 nitrogen and oxygen atoms in total. The van der Waals surface area contributed by atoms with Crippen LogP contribution in [-0.4, -0.2) is 28.9 Å². The second-order valence-corrected chi connectivity index (χ2v) is 3.22. The molecule has 0 aromatic carbocycles. The molecule has 0 saturated heterocycles. The number of rotatable bonds is 3. The number of hydrogen-bond acceptors (Lipinski definition) is 3. The summed E-state index contributed by atoms with van der Waals surface area (Å²) in [6.45, 7) is 6.65. The first kappa shape index (κ1) is 11.4. The lowest BCUT2D eigenvalue weighted by Gasteiger charge is -2.17. The van der Waals surface area contributed by atoms with E-state index >= 15 is 0 Å². The van der Waals surface area contributed by atoms with Crippen LogP contribution in [0.4, 0.5) is 0 Å². The predicted octanol–water partition coefficient (Wildman–Crippen LogP) is 0.505. The molecule has 0 fully saturated rings. The summed E-state index contributed by atoms with van der Waals surface area (Å²) < 4.78 is 0.656. The van der Waals surface area contributed by atoms with Gasteiger partial charge in [-0.25, -0.2) is 4.98 Å². The first-order chi connectivity index (χ1) is 7.10. The molecule has 0 bridgehead atoms. The van der Waals surface area contributed by atoms with E-state index in [2.05, 4.69) is 4.98 Å². The van der Waals surface area contributed by atoms with Gasteiger partial charge in [0.15, 0.2) is 5.69 Å². The van der Waals surface area contributed by atoms with Crippen molar-refractivity contribution in [3.05, 3.63) is 29.0 Å². The van der Waals surface area contributed by atoms with Crippen molar-refractivity contribution in [2.75, 3.05) is 13.1 Å². The third kappa shape index (κ3) is 2.43. The molecule has 1 aromatic rings. The molecule has 15 heavy (non-hydrogen) atoms. The third-order valence-electron chi connectivity index (χ3n) is 2.25. The van der Waals surface area contributed by atoms with Crippen LogP contribution in [0.15, 0.2) is 12.4 Å². The van der Waals surface area contributed by atoms with E-state index in [0.29, 0.717) is 23.5 Å². The van der Waals surface area contributed by atoms with Gasteiger partial charge in [0.25, 0.3) is 5.91 Å². The fraction of sp³-hybridized carbons (Fsp3) is 0.500. The molecule has 0 aliphatic rings. The fourth-order valence-corrected chi connectivity index (χ4v) is 1.25. The Kier molecular flexibility index (Phi) is 3.60. The Morgan fingerprint density at radius 3 is 2.60 bits per heavy atom. The number of aryl methyl sites for hydroxylation is 1. The van der Waals surface area contributed by atoms with E-state index in [1.807, 2.05) is 13.8 Å². The zero-order valence-electron chi connectivity index (χ0n) is 9.23. The molecule has 0 unspecified atom stereocenters. The van der Waals surface area contributed by atoms with Gasteiger partial charge in [0.1, 0.15) is 0 Å². The average Bonchev–Trinajstić information content (AvgIpc) is 2.23. The van der Waals surface area contributed by atoms with E-state index in [9.17, 15) is 10.0 Å². The maximum atomic E-state index is 11.8. The highest BCUT2D eigenvalue weighted by Gasteiger charge is 2.17. The standard InChI is InChI=1S/C10H15N3O2/c1-4-12(5-2)10(14)9-7-13(15)8(3)6-11-9/h6-7H,4-5H2,1-3H3. The van der Waals surface area contributed by atoms with Crippen molar-refractivity contribution in [1.82, 2.24) is 9.88 Å². The number of carbonyl (C=O) groups excluding carboxylic acids is 1. The van der Waals surface area contributed by atoms with E-state index < -0.39 is 0 Å². The molecular formula is C10H15N3O2. The van der Waals surface area contributed by atoms with Crippen LogP contribution in [0.3, 0.4) is 0 Å². The van der Waals surface area contributed by atoms with Crippen LogP contribution in [0.1, 0.15) is 30.0 Å². The van der Waals surface area contributed by atoms with E-state index in [-0.39, 0.29) is 11.6 Å². The molecular weight excluding hydrogens is 194 g/mol. The second-order valence-electron chi connectivity index (χ2n) is 3.22. The lowest BCUT2D eigenvalue weighted by molar-refractivity contribution is -0.613. The largest absolute Gasteiger partial charge is 0.618 e. The minimum absolute atomic E-state index is 0.194. The zero-order chi connectivity index (χ0) is 11.4. The van der Waals surface area contributed by atoms with E-state index in [1.165, 1.54) is 12.4 Å². The van der Waals surface area contributed by atoms with Gasteiger partial charge in [-0.2, -0.15) is 4.73 Å². The summed E-state index contributed by atoms with van der Waals surface area (Å²) in [5.74, 6) is -0.204. The Morgan fingerprint density at radius 2 is 2.13 bits per heavy atom. The Morgan fingerprint density at radius 1 is 1.53 bits per heavy atom. The minimum atomic E-state index is -0.204. The van der Waals surface area contributed by atoms with Crippen LogP contribution >= 0.6 is 0 Å². The van der Waals surface area contributed by atoms with Crippen molar-refractivity contribution in [1.29, 1.82) is 0 Å². The van der Waals surface area contributed by atoms with E-state index in [4.69, 9.17) is 0 Å². The van der Waals surface area contributed by atoms with Crippen LogP contribution < -0.4 is 4.73 Å². The van der Waals surface area contributed by atoms with Gasteiger partial charge in [0, 0.05) is 20.0 Å². The number of hydrogen-bond donors (Lipinski definition) is 0. The monoisotopic (exact) mass is 209 g/mol. The van der Waals surface area contributed by atoms with Gasteiger partial charge in [-0.1, -0.05) is 0 Å². The fourth-order valence-electron chi connectivity index (χ4n) is 1.25. The Bertz CT molecular complexity index is 362. The predicted molar refractivity (Wildman–Crippen MR) is 55.2 cm³/mol. The van der Waals surface area contributed by atoms with Crippen LogP contribution in [0, 0.1) is 12.1 Å². The highest BCUT2D eigenvalue weighted by Crippen LogP contribution is 1.99. The molecule has 0 radical (unpaired) electrons. The van der Waals surface area contributed by atoms with Gasteiger partial charge in [-0.15, -0.1) is 0 Å². The summed E-state index contributed by atoms with van der Waals surface area (Å²) in [6, 6.07) is 0. The Balaban J connectivity index is 2.96. The van der Waals surface area contributed by atoms with E-state index in [1.54, 1.807) is 11.8 Å². The highest BCUT2D eigenvalue weighted by molar-refractivity contribution is 5.91. The second kappa shape index (κ2) is 4.72. The van der Waals surface area contributed by atoms with Gasteiger partial charge in [0.05, 0.1) is 6.20 Å². The van der Waals surface area contributed by atoms with Crippen LogP contribution in [0.25, 0.3) is 0 Å². The molecule has 1 rings (SSSR count). The number of carbonyl (C=O) groups is 1. The molecule has 0 aliphatic heterocycles.